The third-order valence-electron chi connectivity index (χ3n) is 1.28. The Hall–Kier alpha value is -1.65. The largest absolute Gasteiger partial charge is 0.508 e. The van der Waals surface area contributed by atoms with Crippen LogP contribution in [0.4, 0.5) is 8.78 Å². The standard InChI is InChI=1S/C7H5F2NO2/c8-5-2-3(11)1-4(6(5)9)7(10)12/h1-2,11H,(H2,10,12). The van der Waals surface area contributed by atoms with Crippen LogP contribution in [0.5, 0.6) is 5.75 Å². The van der Waals surface area contributed by atoms with Gasteiger partial charge in [0.05, 0.1) is 5.56 Å². The van der Waals surface area contributed by atoms with Crippen LogP contribution in [0.2, 0.25) is 0 Å². The van der Waals surface area contributed by atoms with E-state index >= 15 is 0 Å². The van der Waals surface area contributed by atoms with E-state index in [2.05, 4.69) is 0 Å². The van der Waals surface area contributed by atoms with E-state index in [0.717, 1.165) is 6.07 Å². The molecule has 1 aromatic carbocycles. The first kappa shape index (κ1) is 8.45. The zero-order valence-electron chi connectivity index (χ0n) is 5.84. The summed E-state index contributed by atoms with van der Waals surface area (Å²) in [6, 6.07) is 1.32. The molecule has 3 nitrogen and oxygen atoms in total. The van der Waals surface area contributed by atoms with Crippen LogP contribution in [-0.2, 0) is 0 Å². The Kier molecular flexibility index (Phi) is 1.95. The van der Waals surface area contributed by atoms with Crippen LogP contribution in [0.1, 0.15) is 10.4 Å². The average molecular weight is 173 g/mol. The number of rotatable bonds is 1. The summed E-state index contributed by atoms with van der Waals surface area (Å²) in [4.78, 5) is 10.4. The zero-order chi connectivity index (χ0) is 9.30. The van der Waals surface area contributed by atoms with Crippen molar-refractivity contribution in [1.29, 1.82) is 0 Å². The molecule has 0 aliphatic heterocycles. The Morgan fingerprint density at radius 1 is 1.42 bits per heavy atom. The smallest absolute Gasteiger partial charge is 0.251 e. The van der Waals surface area contributed by atoms with Gasteiger partial charge >= 0.3 is 0 Å². The van der Waals surface area contributed by atoms with Crippen molar-refractivity contribution in [1.82, 2.24) is 0 Å². The van der Waals surface area contributed by atoms with Crippen LogP contribution in [0.3, 0.4) is 0 Å². The highest BCUT2D eigenvalue weighted by Gasteiger charge is 2.14. The minimum Gasteiger partial charge on any atom is -0.508 e. The van der Waals surface area contributed by atoms with Crippen molar-refractivity contribution in [3.63, 3.8) is 0 Å². The molecule has 0 bridgehead atoms. The number of aromatic hydroxyl groups is 1. The number of halogens is 2. The Labute approximate surface area is 66.4 Å². The second kappa shape index (κ2) is 2.77. The zero-order valence-corrected chi connectivity index (χ0v) is 5.84. The number of carbonyl (C=O) groups is 1. The van der Waals surface area contributed by atoms with Gasteiger partial charge in [-0.2, -0.15) is 0 Å². The van der Waals surface area contributed by atoms with Crippen molar-refractivity contribution < 1.29 is 18.7 Å². The van der Waals surface area contributed by atoms with Gasteiger partial charge in [-0.25, -0.2) is 8.78 Å². The van der Waals surface area contributed by atoms with Crippen molar-refractivity contribution in [2.45, 2.75) is 0 Å². The third-order valence-corrected chi connectivity index (χ3v) is 1.28. The first-order valence-corrected chi connectivity index (χ1v) is 3.00. The summed E-state index contributed by atoms with van der Waals surface area (Å²) in [5.41, 5.74) is 4.04. The number of phenolic OH excluding ortho intramolecular Hbond substituents is 1. The molecule has 0 radical (unpaired) electrons. The predicted molar refractivity (Wildman–Crippen MR) is 36.5 cm³/mol. The van der Waals surface area contributed by atoms with Gasteiger partial charge in [-0.3, -0.25) is 4.79 Å². The van der Waals surface area contributed by atoms with Crippen LogP contribution >= 0.6 is 0 Å². The molecule has 0 saturated carbocycles. The molecule has 0 unspecified atom stereocenters. The van der Waals surface area contributed by atoms with E-state index in [4.69, 9.17) is 10.8 Å². The van der Waals surface area contributed by atoms with E-state index in [1.807, 2.05) is 0 Å². The molecule has 0 aromatic heterocycles. The molecule has 1 rings (SSSR count). The van der Waals surface area contributed by atoms with Gasteiger partial charge < -0.3 is 10.8 Å². The number of hydrogen-bond donors (Lipinski definition) is 2. The Bertz CT molecular complexity index is 338. The number of nitrogens with two attached hydrogens (primary N) is 1. The summed E-state index contributed by atoms with van der Waals surface area (Å²) in [6.07, 6.45) is 0. The number of phenols is 1. The summed E-state index contributed by atoms with van der Waals surface area (Å²) in [7, 11) is 0. The van der Waals surface area contributed by atoms with E-state index in [0.29, 0.717) is 6.07 Å². The average Bonchev–Trinajstić information content (AvgIpc) is 1.96. The Morgan fingerprint density at radius 3 is 2.50 bits per heavy atom. The topological polar surface area (TPSA) is 63.3 Å². The van der Waals surface area contributed by atoms with E-state index in [-0.39, 0.29) is 0 Å². The highest BCUT2D eigenvalue weighted by molar-refractivity contribution is 5.93. The molecule has 5 heteroatoms. The van der Waals surface area contributed by atoms with Crippen LogP contribution in [0, 0.1) is 11.6 Å². The first-order chi connectivity index (χ1) is 5.52. The molecule has 1 amide bonds. The van der Waals surface area contributed by atoms with Crippen molar-refractivity contribution >= 4 is 5.91 Å². The first-order valence-electron chi connectivity index (χ1n) is 3.00. The van der Waals surface area contributed by atoms with E-state index in [1.165, 1.54) is 0 Å². The molecule has 0 aliphatic rings. The molecule has 0 aliphatic carbocycles. The van der Waals surface area contributed by atoms with Gasteiger partial charge in [0.25, 0.3) is 5.91 Å². The maximum Gasteiger partial charge on any atom is 0.251 e. The molecule has 0 saturated heterocycles. The van der Waals surface area contributed by atoms with Gasteiger partial charge in [0, 0.05) is 6.07 Å². The minimum absolute atomic E-state index is 0.539. The maximum absolute atomic E-state index is 12.6. The molecule has 0 heterocycles. The summed E-state index contributed by atoms with van der Waals surface area (Å²) in [6.45, 7) is 0. The summed E-state index contributed by atoms with van der Waals surface area (Å²) in [5, 5.41) is 8.75. The molecule has 64 valence electrons. The molecule has 0 fully saturated rings. The lowest BCUT2D eigenvalue weighted by molar-refractivity contribution is 0.0995. The SMILES string of the molecule is NC(=O)c1cc(O)cc(F)c1F. The fourth-order valence-electron chi connectivity index (χ4n) is 0.754. The highest BCUT2D eigenvalue weighted by atomic mass is 19.2. The predicted octanol–water partition coefficient (Wildman–Crippen LogP) is 0.769. The lowest BCUT2D eigenvalue weighted by atomic mass is 10.2. The van der Waals surface area contributed by atoms with Crippen LogP contribution in [-0.4, -0.2) is 11.0 Å². The summed E-state index contributed by atoms with van der Waals surface area (Å²) in [5.74, 6) is -4.31. The fraction of sp³-hybridized carbons (Fsp3) is 0. The highest BCUT2D eigenvalue weighted by Crippen LogP contribution is 2.18. The monoisotopic (exact) mass is 173 g/mol. The van der Waals surface area contributed by atoms with E-state index in [1.54, 1.807) is 0 Å². The molecule has 12 heavy (non-hydrogen) atoms. The van der Waals surface area contributed by atoms with Gasteiger partial charge in [-0.05, 0) is 6.07 Å². The number of benzene rings is 1. The number of hydrogen-bond acceptors (Lipinski definition) is 2. The lowest BCUT2D eigenvalue weighted by Crippen LogP contribution is -2.13. The normalized spacial score (nSPS) is 9.83. The maximum atomic E-state index is 12.6. The molecule has 0 spiro atoms. The van der Waals surface area contributed by atoms with Crippen LogP contribution in [0.15, 0.2) is 12.1 Å². The van der Waals surface area contributed by atoms with Gasteiger partial charge in [0.1, 0.15) is 5.75 Å². The molecule has 0 atom stereocenters. The van der Waals surface area contributed by atoms with E-state index < -0.39 is 28.9 Å². The summed E-state index contributed by atoms with van der Waals surface area (Å²) >= 11 is 0. The van der Waals surface area contributed by atoms with Crippen LogP contribution < -0.4 is 5.73 Å². The molecule has 3 N–H and O–H groups in total. The second-order valence-corrected chi connectivity index (χ2v) is 2.15. The van der Waals surface area contributed by atoms with E-state index in [9.17, 15) is 13.6 Å². The Morgan fingerprint density at radius 2 is 2.00 bits per heavy atom. The lowest BCUT2D eigenvalue weighted by Gasteiger charge is -1.99. The number of primary amides is 1. The number of carbonyl (C=O) groups excluding carboxylic acids is 1. The molecule has 1 aromatic rings. The fourth-order valence-corrected chi connectivity index (χ4v) is 0.754. The van der Waals surface area contributed by atoms with Crippen LogP contribution in [0.25, 0.3) is 0 Å². The van der Waals surface area contributed by atoms with Gasteiger partial charge in [0.2, 0.25) is 0 Å². The van der Waals surface area contributed by atoms with Crippen molar-refractivity contribution in [3.8, 4) is 5.75 Å². The quantitative estimate of drug-likeness (QED) is 0.658. The number of amides is 1. The minimum atomic E-state index is -1.35. The van der Waals surface area contributed by atoms with Gasteiger partial charge in [0.15, 0.2) is 11.6 Å². The molecular formula is C7H5F2NO2. The van der Waals surface area contributed by atoms with Crippen molar-refractivity contribution in [2.75, 3.05) is 0 Å². The second-order valence-electron chi connectivity index (χ2n) is 2.15. The molecular weight excluding hydrogens is 168 g/mol. The van der Waals surface area contributed by atoms with Crippen molar-refractivity contribution in [3.05, 3.63) is 29.3 Å². The van der Waals surface area contributed by atoms with Crippen molar-refractivity contribution in [2.24, 2.45) is 5.73 Å². The van der Waals surface area contributed by atoms with Gasteiger partial charge in [-0.1, -0.05) is 0 Å². The van der Waals surface area contributed by atoms with Gasteiger partial charge in [-0.15, -0.1) is 0 Å². The Balaban J connectivity index is 3.37. The third kappa shape index (κ3) is 1.34. The summed E-state index contributed by atoms with van der Waals surface area (Å²) < 4.78 is 25.1.